The van der Waals surface area contributed by atoms with Gasteiger partial charge in [0.25, 0.3) is 0 Å². The van der Waals surface area contributed by atoms with E-state index >= 15 is 0 Å². The Balaban J connectivity index is 3.16. The van der Waals surface area contributed by atoms with Crippen molar-refractivity contribution in [2.45, 2.75) is 0 Å². The highest BCUT2D eigenvalue weighted by Crippen LogP contribution is 2.16. The Morgan fingerprint density at radius 1 is 1.55 bits per heavy atom. The number of benzene rings is 1. The monoisotopic (exact) mass is 154 g/mol. The summed E-state index contributed by atoms with van der Waals surface area (Å²) in [5, 5.41) is 0. The first-order valence-corrected chi connectivity index (χ1v) is 3.06. The summed E-state index contributed by atoms with van der Waals surface area (Å²) in [7, 11) is 1.39. The maximum atomic E-state index is 12.5. The molecule has 0 bridgehead atoms. The van der Waals surface area contributed by atoms with E-state index in [9.17, 15) is 9.18 Å². The molecule has 58 valence electrons. The van der Waals surface area contributed by atoms with Crippen molar-refractivity contribution in [3.63, 3.8) is 0 Å². The topological polar surface area (TPSA) is 26.3 Å². The minimum Gasteiger partial charge on any atom is -0.496 e. The van der Waals surface area contributed by atoms with Gasteiger partial charge >= 0.3 is 0 Å². The molecule has 0 N–H and O–H groups in total. The number of ether oxygens (including phenoxy) is 1. The lowest BCUT2D eigenvalue weighted by Crippen LogP contribution is -1.90. The van der Waals surface area contributed by atoms with Crippen LogP contribution in [0.25, 0.3) is 0 Å². The van der Waals surface area contributed by atoms with Crippen molar-refractivity contribution >= 4 is 6.29 Å². The lowest BCUT2D eigenvalue weighted by atomic mass is 10.2. The van der Waals surface area contributed by atoms with Crippen molar-refractivity contribution in [3.8, 4) is 5.75 Å². The molecule has 0 radical (unpaired) electrons. The SMILES string of the molecule is COc1cc(F)ccc1C=O. The molecule has 0 saturated carbocycles. The van der Waals surface area contributed by atoms with Crippen LogP contribution in [0.4, 0.5) is 4.39 Å². The number of hydrogen-bond acceptors (Lipinski definition) is 2. The molecule has 0 aliphatic rings. The molecule has 1 rings (SSSR count). The predicted octanol–water partition coefficient (Wildman–Crippen LogP) is 1.65. The second-order valence-electron chi connectivity index (χ2n) is 2.00. The van der Waals surface area contributed by atoms with E-state index in [2.05, 4.69) is 0 Å². The van der Waals surface area contributed by atoms with Crippen LogP contribution in [-0.2, 0) is 0 Å². The zero-order valence-electron chi connectivity index (χ0n) is 6.00. The van der Waals surface area contributed by atoms with E-state index in [-0.39, 0.29) is 5.75 Å². The van der Waals surface area contributed by atoms with Crippen LogP contribution in [0.15, 0.2) is 18.2 Å². The van der Waals surface area contributed by atoms with Gasteiger partial charge in [-0.2, -0.15) is 0 Å². The lowest BCUT2D eigenvalue weighted by molar-refractivity contribution is 0.112. The van der Waals surface area contributed by atoms with Crippen LogP contribution in [-0.4, -0.2) is 13.4 Å². The predicted molar refractivity (Wildman–Crippen MR) is 38.3 cm³/mol. The normalized spacial score (nSPS) is 9.27. The van der Waals surface area contributed by atoms with Gasteiger partial charge in [-0.3, -0.25) is 4.79 Å². The van der Waals surface area contributed by atoms with E-state index in [1.165, 1.54) is 25.3 Å². The minimum atomic E-state index is -0.410. The van der Waals surface area contributed by atoms with Gasteiger partial charge in [0.15, 0.2) is 6.29 Å². The fraction of sp³-hybridized carbons (Fsp3) is 0.125. The van der Waals surface area contributed by atoms with Crippen molar-refractivity contribution in [2.75, 3.05) is 7.11 Å². The Hall–Kier alpha value is -1.38. The molecule has 0 aromatic heterocycles. The van der Waals surface area contributed by atoms with Gasteiger partial charge in [0.1, 0.15) is 11.6 Å². The second-order valence-corrected chi connectivity index (χ2v) is 2.00. The van der Waals surface area contributed by atoms with Gasteiger partial charge in [-0.25, -0.2) is 4.39 Å². The number of halogens is 1. The third kappa shape index (κ3) is 1.55. The molecule has 0 aliphatic heterocycles. The van der Waals surface area contributed by atoms with Crippen LogP contribution >= 0.6 is 0 Å². The maximum Gasteiger partial charge on any atom is 0.153 e. The van der Waals surface area contributed by atoms with Crippen molar-refractivity contribution in [2.24, 2.45) is 0 Å². The van der Waals surface area contributed by atoms with Gasteiger partial charge in [-0.05, 0) is 12.1 Å². The molecule has 0 aliphatic carbocycles. The zero-order chi connectivity index (χ0) is 8.27. The summed E-state index contributed by atoms with van der Waals surface area (Å²) >= 11 is 0. The Morgan fingerprint density at radius 2 is 2.27 bits per heavy atom. The molecule has 1 aromatic rings. The van der Waals surface area contributed by atoms with Crippen LogP contribution in [0.2, 0.25) is 0 Å². The van der Waals surface area contributed by atoms with E-state index in [0.29, 0.717) is 11.8 Å². The molecule has 0 atom stereocenters. The molecular formula is C8H7FO2. The smallest absolute Gasteiger partial charge is 0.153 e. The number of hydrogen-bond donors (Lipinski definition) is 0. The average Bonchev–Trinajstić information content (AvgIpc) is 2.04. The van der Waals surface area contributed by atoms with E-state index < -0.39 is 5.82 Å². The highest BCUT2D eigenvalue weighted by atomic mass is 19.1. The van der Waals surface area contributed by atoms with Gasteiger partial charge in [0.05, 0.1) is 12.7 Å². The minimum absolute atomic E-state index is 0.264. The first-order valence-electron chi connectivity index (χ1n) is 3.06. The van der Waals surface area contributed by atoms with Crippen LogP contribution in [0.1, 0.15) is 10.4 Å². The van der Waals surface area contributed by atoms with Crippen LogP contribution in [0, 0.1) is 5.82 Å². The molecular weight excluding hydrogens is 147 g/mol. The van der Waals surface area contributed by atoms with Crippen LogP contribution < -0.4 is 4.74 Å². The number of carbonyl (C=O) groups is 1. The van der Waals surface area contributed by atoms with Gasteiger partial charge in [0, 0.05) is 6.07 Å². The van der Waals surface area contributed by atoms with Crippen LogP contribution in [0.5, 0.6) is 5.75 Å². The summed E-state index contributed by atoms with van der Waals surface area (Å²) in [6, 6.07) is 3.76. The fourth-order valence-corrected chi connectivity index (χ4v) is 0.782. The van der Waals surface area contributed by atoms with Crippen molar-refractivity contribution in [3.05, 3.63) is 29.6 Å². The Morgan fingerprint density at radius 3 is 2.82 bits per heavy atom. The first kappa shape index (κ1) is 7.72. The van der Waals surface area contributed by atoms with Crippen molar-refractivity contribution in [1.82, 2.24) is 0 Å². The molecule has 0 amide bonds. The van der Waals surface area contributed by atoms with E-state index in [0.717, 1.165) is 0 Å². The number of carbonyl (C=O) groups excluding carboxylic acids is 1. The molecule has 0 heterocycles. The third-order valence-corrected chi connectivity index (χ3v) is 1.32. The summed E-state index contributed by atoms with van der Waals surface area (Å²) in [4.78, 5) is 10.3. The molecule has 2 nitrogen and oxygen atoms in total. The summed E-state index contributed by atoms with van der Waals surface area (Å²) in [5.41, 5.74) is 0.355. The van der Waals surface area contributed by atoms with E-state index in [1.54, 1.807) is 0 Å². The summed E-state index contributed by atoms with van der Waals surface area (Å²) < 4.78 is 17.2. The fourth-order valence-electron chi connectivity index (χ4n) is 0.782. The van der Waals surface area contributed by atoms with Crippen molar-refractivity contribution < 1.29 is 13.9 Å². The first-order chi connectivity index (χ1) is 5.27. The Bertz CT molecular complexity index is 271. The number of methoxy groups -OCH3 is 1. The highest BCUT2D eigenvalue weighted by molar-refractivity contribution is 5.79. The molecule has 3 heteroatoms. The average molecular weight is 154 g/mol. The van der Waals surface area contributed by atoms with E-state index in [1.807, 2.05) is 0 Å². The molecule has 11 heavy (non-hydrogen) atoms. The number of aldehydes is 1. The standard InChI is InChI=1S/C8H7FO2/c1-11-8-4-7(9)3-2-6(8)5-10/h2-5H,1H3. The quantitative estimate of drug-likeness (QED) is 0.605. The molecule has 0 spiro atoms. The molecule has 0 unspecified atom stereocenters. The Labute approximate surface area is 63.6 Å². The van der Waals surface area contributed by atoms with Gasteiger partial charge in [-0.15, -0.1) is 0 Å². The third-order valence-electron chi connectivity index (χ3n) is 1.32. The largest absolute Gasteiger partial charge is 0.496 e. The maximum absolute atomic E-state index is 12.5. The van der Waals surface area contributed by atoms with Crippen LogP contribution in [0.3, 0.4) is 0 Å². The summed E-state index contributed by atoms with van der Waals surface area (Å²) in [6.45, 7) is 0. The Kier molecular flexibility index (Phi) is 2.21. The van der Waals surface area contributed by atoms with Gasteiger partial charge < -0.3 is 4.74 Å². The molecule has 1 aromatic carbocycles. The van der Waals surface area contributed by atoms with Gasteiger partial charge in [-0.1, -0.05) is 0 Å². The second kappa shape index (κ2) is 3.14. The molecule has 0 saturated heterocycles. The number of rotatable bonds is 2. The highest BCUT2D eigenvalue weighted by Gasteiger charge is 2.01. The zero-order valence-corrected chi connectivity index (χ0v) is 6.00. The molecule has 0 fully saturated rings. The summed E-state index contributed by atoms with van der Waals surface area (Å²) in [6.07, 6.45) is 0.623. The van der Waals surface area contributed by atoms with Gasteiger partial charge in [0.2, 0.25) is 0 Å². The summed E-state index contributed by atoms with van der Waals surface area (Å²) in [5.74, 6) is -0.146. The van der Waals surface area contributed by atoms with E-state index in [4.69, 9.17) is 4.74 Å². The van der Waals surface area contributed by atoms with Crippen molar-refractivity contribution in [1.29, 1.82) is 0 Å². The lowest BCUT2D eigenvalue weighted by Gasteiger charge is -2.01.